The van der Waals surface area contributed by atoms with Crippen molar-refractivity contribution in [3.05, 3.63) is 30.4 Å². The summed E-state index contributed by atoms with van der Waals surface area (Å²) in [6, 6.07) is 1.34. The predicted octanol–water partition coefficient (Wildman–Crippen LogP) is 2.94. The van der Waals surface area contributed by atoms with Gasteiger partial charge in [-0.1, -0.05) is 0 Å². The molecular weight excluding hydrogens is 436 g/mol. The Bertz CT molecular complexity index is 1320. The van der Waals surface area contributed by atoms with Gasteiger partial charge in [0.25, 0.3) is 11.8 Å². The molecule has 0 spiro atoms. The molecule has 0 aromatic carbocycles. The Morgan fingerprint density at radius 1 is 1.30 bits per heavy atom. The molecule has 3 heterocycles. The molecule has 0 aliphatic heterocycles. The summed E-state index contributed by atoms with van der Waals surface area (Å²) in [6.45, 7) is -2.65. The molecule has 10 nitrogen and oxygen atoms in total. The highest BCUT2D eigenvalue weighted by atomic mass is 19.3. The summed E-state index contributed by atoms with van der Waals surface area (Å²) in [4.78, 5) is 37.2. The van der Waals surface area contributed by atoms with E-state index in [9.17, 15) is 18.4 Å². The van der Waals surface area contributed by atoms with Gasteiger partial charge in [-0.3, -0.25) is 9.59 Å². The van der Waals surface area contributed by atoms with Gasteiger partial charge >= 0.3 is 0 Å². The molecule has 1 aliphatic carbocycles. The zero-order valence-electron chi connectivity index (χ0n) is 20.8. The van der Waals surface area contributed by atoms with Crippen molar-refractivity contribution in [2.75, 3.05) is 24.7 Å². The Balaban J connectivity index is 1.75. The number of carbonyl (C=O) groups excluding carboxylic acids is 2. The fraction of sp³-hybridized carbons (Fsp3) is 0.381. The van der Waals surface area contributed by atoms with Crippen LogP contribution in [0.15, 0.2) is 24.8 Å². The summed E-state index contributed by atoms with van der Waals surface area (Å²) in [5.41, 5.74) is 0.429. The number of hydrogen-bond donors (Lipinski definition) is 3. The highest BCUT2D eigenvalue weighted by Gasteiger charge is 2.30. The molecule has 174 valence electrons. The van der Waals surface area contributed by atoms with Crippen LogP contribution < -0.4 is 20.7 Å². The molecule has 0 bridgehead atoms. The van der Waals surface area contributed by atoms with Crippen LogP contribution in [-0.4, -0.2) is 51.3 Å². The predicted molar refractivity (Wildman–Crippen MR) is 117 cm³/mol. The minimum atomic E-state index is -3.03. The molecule has 1 saturated carbocycles. The molecule has 0 saturated heterocycles. The lowest BCUT2D eigenvalue weighted by atomic mass is 10.2. The number of ether oxygens (including phenoxy) is 1. The van der Waals surface area contributed by atoms with Crippen LogP contribution >= 0.6 is 0 Å². The SMILES string of the molecule is [2H]C([2H])([2H])NC(=O)c1cnc(NC(=O)C2CC2)cc1Nc1ncc2ncn(CC(C)(F)F)c2c1OC. The van der Waals surface area contributed by atoms with Gasteiger partial charge in [-0.2, -0.15) is 0 Å². The summed E-state index contributed by atoms with van der Waals surface area (Å²) >= 11 is 0. The fourth-order valence-electron chi connectivity index (χ4n) is 3.31. The van der Waals surface area contributed by atoms with Crippen molar-refractivity contribution in [1.82, 2.24) is 24.8 Å². The minimum absolute atomic E-state index is 0.0415. The van der Waals surface area contributed by atoms with Crippen molar-refractivity contribution in [3.8, 4) is 5.75 Å². The number of nitrogens with one attached hydrogen (secondary N) is 3. The van der Waals surface area contributed by atoms with Gasteiger partial charge in [0.05, 0.1) is 37.4 Å². The van der Waals surface area contributed by atoms with Crippen molar-refractivity contribution in [3.63, 3.8) is 0 Å². The first-order valence-corrected chi connectivity index (χ1v) is 10.0. The van der Waals surface area contributed by atoms with Crippen LogP contribution in [0.5, 0.6) is 5.75 Å². The lowest BCUT2D eigenvalue weighted by Gasteiger charge is -2.17. The molecule has 1 fully saturated rings. The largest absolute Gasteiger partial charge is 0.491 e. The summed E-state index contributed by atoms with van der Waals surface area (Å²) in [5, 5.41) is 7.42. The lowest BCUT2D eigenvalue weighted by molar-refractivity contribution is -0.117. The van der Waals surface area contributed by atoms with Crippen LogP contribution in [0.2, 0.25) is 0 Å². The van der Waals surface area contributed by atoms with Crippen molar-refractivity contribution in [2.24, 2.45) is 5.92 Å². The summed E-state index contributed by atoms with van der Waals surface area (Å²) < 4.78 is 56.1. The second-order valence-electron chi connectivity index (χ2n) is 7.77. The van der Waals surface area contributed by atoms with E-state index in [2.05, 4.69) is 25.6 Å². The topological polar surface area (TPSA) is 123 Å². The van der Waals surface area contributed by atoms with E-state index in [0.29, 0.717) is 5.52 Å². The third-order valence-corrected chi connectivity index (χ3v) is 4.98. The van der Waals surface area contributed by atoms with E-state index < -0.39 is 25.4 Å². The molecule has 1 aliphatic rings. The average Bonchev–Trinajstić information content (AvgIpc) is 3.54. The first-order chi connectivity index (χ1) is 16.8. The summed E-state index contributed by atoms with van der Waals surface area (Å²) in [5.74, 6) is -4.10. The maximum absolute atomic E-state index is 13.7. The second-order valence-corrected chi connectivity index (χ2v) is 7.77. The van der Waals surface area contributed by atoms with Gasteiger partial charge in [0, 0.05) is 36.2 Å². The normalized spacial score (nSPS) is 15.3. The van der Waals surface area contributed by atoms with Gasteiger partial charge in [-0.05, 0) is 12.8 Å². The maximum atomic E-state index is 13.7. The van der Waals surface area contributed by atoms with Crippen LogP contribution in [0, 0.1) is 5.92 Å². The van der Waals surface area contributed by atoms with Crippen LogP contribution in [0.25, 0.3) is 11.0 Å². The van der Waals surface area contributed by atoms with E-state index in [4.69, 9.17) is 8.85 Å². The number of alkyl halides is 2. The van der Waals surface area contributed by atoms with Gasteiger partial charge in [-0.25, -0.2) is 23.7 Å². The molecule has 4 rings (SSSR count). The standard InChI is InChI=1S/C21H23F2N7O3/c1-21(22,23)9-30-10-27-14-8-26-18(17(33-3)16(14)30)28-13-6-15(29-19(31)11-4-5-11)25-7-12(13)20(32)24-2/h6-8,10-11H,4-5,9H2,1-3H3,(H,24,32)(H2,25,26,28,29,31)/i2D3. The van der Waals surface area contributed by atoms with Crippen molar-refractivity contribution in [2.45, 2.75) is 32.2 Å². The van der Waals surface area contributed by atoms with Gasteiger partial charge in [-0.15, -0.1) is 0 Å². The Kier molecular flexibility index (Phi) is 4.88. The number of aromatic nitrogens is 4. The van der Waals surface area contributed by atoms with Gasteiger partial charge < -0.3 is 25.3 Å². The number of hydrogen-bond acceptors (Lipinski definition) is 7. The Labute approximate surface area is 192 Å². The molecule has 3 N–H and O–H groups in total. The third kappa shape index (κ3) is 4.83. The van der Waals surface area contributed by atoms with Crippen molar-refractivity contribution >= 4 is 40.2 Å². The Hall–Kier alpha value is -3.83. The zero-order valence-corrected chi connectivity index (χ0v) is 17.8. The summed E-state index contributed by atoms with van der Waals surface area (Å²) in [7, 11) is 1.32. The number of amides is 2. The quantitative estimate of drug-likeness (QED) is 0.470. The number of imidazole rings is 1. The van der Waals surface area contributed by atoms with Crippen molar-refractivity contribution < 1.29 is 27.2 Å². The Morgan fingerprint density at radius 3 is 2.76 bits per heavy atom. The van der Waals surface area contributed by atoms with Crippen molar-refractivity contribution in [1.29, 1.82) is 0 Å². The number of rotatable bonds is 8. The first kappa shape index (κ1) is 18.7. The number of halogens is 2. The smallest absolute Gasteiger partial charge is 0.262 e. The van der Waals surface area contributed by atoms with Gasteiger partial charge in [0.1, 0.15) is 16.9 Å². The molecule has 0 radical (unpaired) electrons. The zero-order chi connectivity index (χ0) is 26.3. The first-order valence-electron chi connectivity index (χ1n) is 11.5. The van der Waals surface area contributed by atoms with E-state index in [-0.39, 0.29) is 46.0 Å². The number of carbonyl (C=O) groups is 2. The molecule has 3 aromatic heterocycles. The van der Waals surface area contributed by atoms with E-state index >= 15 is 0 Å². The second kappa shape index (κ2) is 8.60. The molecule has 2 amide bonds. The maximum Gasteiger partial charge on any atom is 0.262 e. The molecule has 3 aromatic rings. The minimum Gasteiger partial charge on any atom is -0.491 e. The fourth-order valence-corrected chi connectivity index (χ4v) is 3.31. The van der Waals surface area contributed by atoms with E-state index in [0.717, 1.165) is 26.0 Å². The number of pyridine rings is 2. The molecule has 0 unspecified atom stereocenters. The highest BCUT2D eigenvalue weighted by molar-refractivity contribution is 6.01. The van der Waals surface area contributed by atoms with E-state index in [1.54, 1.807) is 0 Å². The van der Waals surface area contributed by atoms with E-state index in [1.165, 1.54) is 30.3 Å². The van der Waals surface area contributed by atoms with Crippen LogP contribution in [0.4, 0.5) is 26.1 Å². The van der Waals surface area contributed by atoms with E-state index in [1.807, 2.05) is 5.32 Å². The van der Waals surface area contributed by atoms with Crippen LogP contribution in [0.3, 0.4) is 0 Å². The van der Waals surface area contributed by atoms with Gasteiger partial charge in [0.2, 0.25) is 5.91 Å². The van der Waals surface area contributed by atoms with Crippen LogP contribution in [-0.2, 0) is 11.3 Å². The van der Waals surface area contributed by atoms with Gasteiger partial charge in [0.15, 0.2) is 11.6 Å². The number of nitrogens with zero attached hydrogens (tertiary/aromatic N) is 4. The molecular formula is C21H23F2N7O3. The molecule has 12 heteroatoms. The number of fused-ring (bicyclic) bond motifs is 1. The monoisotopic (exact) mass is 462 g/mol. The third-order valence-electron chi connectivity index (χ3n) is 4.98. The summed E-state index contributed by atoms with van der Waals surface area (Å²) in [6.07, 6.45) is 5.22. The highest BCUT2D eigenvalue weighted by Crippen LogP contribution is 2.35. The average molecular weight is 462 g/mol. The number of methoxy groups -OCH3 is 1. The lowest BCUT2D eigenvalue weighted by Crippen LogP contribution is -2.21. The Morgan fingerprint density at radius 2 is 2.09 bits per heavy atom. The molecule has 0 atom stereocenters. The number of anilines is 3. The molecule has 33 heavy (non-hydrogen) atoms. The van der Waals surface area contributed by atoms with Crippen LogP contribution in [0.1, 0.15) is 34.2 Å².